The Kier molecular flexibility index (Phi) is 4.86. The largest absolute Gasteiger partial charge is 0.399 e. The molecule has 1 aromatic heterocycles. The summed E-state index contributed by atoms with van der Waals surface area (Å²) in [5, 5.41) is 11.8. The van der Waals surface area contributed by atoms with Crippen LogP contribution in [0.5, 0.6) is 0 Å². The van der Waals surface area contributed by atoms with Gasteiger partial charge in [-0.15, -0.1) is 5.10 Å². The van der Waals surface area contributed by atoms with Gasteiger partial charge in [0.05, 0.1) is 0 Å². The summed E-state index contributed by atoms with van der Waals surface area (Å²) >= 11 is 3.42. The second kappa shape index (κ2) is 6.63. The zero-order chi connectivity index (χ0) is 13.7. The first-order valence-corrected chi connectivity index (χ1v) is 6.81. The van der Waals surface area contributed by atoms with E-state index in [0.29, 0.717) is 5.69 Å². The molecule has 0 atom stereocenters. The Morgan fingerprint density at radius 1 is 1.32 bits per heavy atom. The number of ether oxygens (including phenoxy) is 1. The van der Waals surface area contributed by atoms with Crippen molar-refractivity contribution in [3.05, 3.63) is 22.7 Å². The number of nitrogen functional groups attached to an aromatic ring is 1. The van der Waals surface area contributed by atoms with E-state index in [1.165, 1.54) is 0 Å². The molecule has 0 unspecified atom stereocenters. The first-order chi connectivity index (χ1) is 9.20. The van der Waals surface area contributed by atoms with E-state index in [1.54, 1.807) is 11.8 Å². The lowest BCUT2D eigenvalue weighted by molar-refractivity contribution is 0.191. The number of rotatable bonds is 6. The summed E-state index contributed by atoms with van der Waals surface area (Å²) in [6.07, 6.45) is 1.95. The molecular formula is C12H16BrN5O. The maximum absolute atomic E-state index is 5.83. The topological polar surface area (TPSA) is 78.8 Å². The van der Waals surface area contributed by atoms with E-state index in [1.807, 2.05) is 18.2 Å². The Labute approximate surface area is 120 Å². The number of aryl methyl sites for hydroxylation is 1. The zero-order valence-electron chi connectivity index (χ0n) is 10.7. The van der Waals surface area contributed by atoms with Gasteiger partial charge in [-0.2, -0.15) is 0 Å². The van der Waals surface area contributed by atoms with Gasteiger partial charge in [0.15, 0.2) is 5.82 Å². The van der Waals surface area contributed by atoms with Gasteiger partial charge in [0.25, 0.3) is 0 Å². The number of hydrogen-bond acceptors (Lipinski definition) is 5. The number of halogens is 1. The molecule has 102 valence electrons. The highest BCUT2D eigenvalue weighted by molar-refractivity contribution is 9.10. The summed E-state index contributed by atoms with van der Waals surface area (Å²) in [5.74, 6) is 0.727. The monoisotopic (exact) mass is 325 g/mol. The smallest absolute Gasteiger partial charge is 0.182 e. The van der Waals surface area contributed by atoms with Gasteiger partial charge in [-0.25, -0.2) is 4.68 Å². The van der Waals surface area contributed by atoms with E-state index in [9.17, 15) is 0 Å². The Hall–Kier alpha value is -1.47. The number of anilines is 1. The molecule has 0 radical (unpaired) electrons. The van der Waals surface area contributed by atoms with Crippen LogP contribution < -0.4 is 5.73 Å². The first-order valence-electron chi connectivity index (χ1n) is 6.02. The second-order valence-corrected chi connectivity index (χ2v) is 5.11. The number of methoxy groups -OCH3 is 1. The fourth-order valence-corrected chi connectivity index (χ4v) is 2.32. The van der Waals surface area contributed by atoms with Crippen molar-refractivity contribution in [1.29, 1.82) is 0 Å². The Morgan fingerprint density at radius 2 is 2.16 bits per heavy atom. The normalized spacial score (nSPS) is 10.8. The van der Waals surface area contributed by atoms with Crippen LogP contribution in [-0.2, 0) is 11.3 Å². The summed E-state index contributed by atoms with van der Waals surface area (Å²) in [4.78, 5) is 0. The molecule has 0 saturated carbocycles. The van der Waals surface area contributed by atoms with Crippen molar-refractivity contribution >= 4 is 21.6 Å². The summed E-state index contributed by atoms with van der Waals surface area (Å²) in [5.41, 5.74) is 7.42. The molecule has 0 aliphatic rings. The van der Waals surface area contributed by atoms with Crippen LogP contribution in [-0.4, -0.2) is 33.9 Å². The average molecular weight is 326 g/mol. The van der Waals surface area contributed by atoms with Gasteiger partial charge >= 0.3 is 0 Å². The minimum Gasteiger partial charge on any atom is -0.399 e. The minimum atomic E-state index is 0.679. The molecular weight excluding hydrogens is 310 g/mol. The third kappa shape index (κ3) is 3.74. The van der Waals surface area contributed by atoms with Crippen molar-refractivity contribution in [2.24, 2.45) is 0 Å². The number of nitrogens with zero attached hydrogens (tertiary/aromatic N) is 4. The maximum atomic E-state index is 5.83. The number of aromatic nitrogens is 4. The van der Waals surface area contributed by atoms with Crippen LogP contribution in [0.4, 0.5) is 5.69 Å². The molecule has 0 spiro atoms. The molecule has 2 rings (SSSR count). The number of benzene rings is 1. The third-order valence-corrected chi connectivity index (χ3v) is 3.14. The highest BCUT2D eigenvalue weighted by Gasteiger charge is 2.09. The standard InChI is InChI=1S/C12H16BrN5O/c1-19-5-3-2-4-18-12(15-16-17-18)9-6-10(13)8-11(14)7-9/h6-8H,2-5,14H2,1H3. The van der Waals surface area contributed by atoms with Gasteiger partial charge in [-0.05, 0) is 41.5 Å². The van der Waals surface area contributed by atoms with Crippen LogP contribution in [0.2, 0.25) is 0 Å². The molecule has 1 heterocycles. The number of hydrogen-bond donors (Lipinski definition) is 1. The molecule has 0 aliphatic heterocycles. The van der Waals surface area contributed by atoms with Crippen LogP contribution in [0.15, 0.2) is 22.7 Å². The van der Waals surface area contributed by atoms with Crippen molar-refractivity contribution in [2.75, 3.05) is 19.5 Å². The molecule has 0 bridgehead atoms. The predicted molar refractivity (Wildman–Crippen MR) is 76.5 cm³/mol. The van der Waals surface area contributed by atoms with Crippen LogP contribution in [0, 0.1) is 0 Å². The summed E-state index contributed by atoms with van der Waals surface area (Å²) in [7, 11) is 1.70. The van der Waals surface area contributed by atoms with Crippen molar-refractivity contribution in [2.45, 2.75) is 19.4 Å². The molecule has 1 aromatic carbocycles. The van der Waals surface area contributed by atoms with Crippen molar-refractivity contribution in [3.63, 3.8) is 0 Å². The fourth-order valence-electron chi connectivity index (χ4n) is 1.81. The van der Waals surface area contributed by atoms with Crippen LogP contribution in [0.25, 0.3) is 11.4 Å². The average Bonchev–Trinajstić information content (AvgIpc) is 2.82. The molecule has 2 aromatic rings. The lowest BCUT2D eigenvalue weighted by atomic mass is 10.2. The quantitative estimate of drug-likeness (QED) is 0.650. The molecule has 0 saturated heterocycles. The maximum Gasteiger partial charge on any atom is 0.182 e. The summed E-state index contributed by atoms with van der Waals surface area (Å²) in [6, 6.07) is 5.66. The number of nitrogens with two attached hydrogens (primary N) is 1. The molecule has 0 amide bonds. The van der Waals surface area contributed by atoms with E-state index in [-0.39, 0.29) is 0 Å². The summed E-state index contributed by atoms with van der Waals surface area (Å²) < 4.78 is 7.73. The fraction of sp³-hybridized carbons (Fsp3) is 0.417. The molecule has 19 heavy (non-hydrogen) atoms. The predicted octanol–water partition coefficient (Wildman–Crippen LogP) is 2.11. The first kappa shape index (κ1) is 14.0. The third-order valence-electron chi connectivity index (χ3n) is 2.68. The van der Waals surface area contributed by atoms with Crippen molar-refractivity contribution < 1.29 is 4.74 Å². The van der Waals surface area contributed by atoms with Crippen LogP contribution in [0.1, 0.15) is 12.8 Å². The minimum absolute atomic E-state index is 0.679. The van der Waals surface area contributed by atoms with E-state index < -0.39 is 0 Å². The highest BCUT2D eigenvalue weighted by Crippen LogP contribution is 2.24. The SMILES string of the molecule is COCCCCn1nnnc1-c1cc(N)cc(Br)c1. The molecule has 7 heteroatoms. The van der Waals surface area contributed by atoms with Crippen LogP contribution in [0.3, 0.4) is 0 Å². The molecule has 2 N–H and O–H groups in total. The molecule has 0 fully saturated rings. The van der Waals surface area contributed by atoms with E-state index >= 15 is 0 Å². The van der Waals surface area contributed by atoms with E-state index in [2.05, 4.69) is 31.5 Å². The lowest BCUT2D eigenvalue weighted by Gasteiger charge is -2.06. The lowest BCUT2D eigenvalue weighted by Crippen LogP contribution is -2.04. The van der Waals surface area contributed by atoms with Gasteiger partial charge < -0.3 is 10.5 Å². The van der Waals surface area contributed by atoms with Gasteiger partial charge in [0.1, 0.15) is 0 Å². The molecule has 0 aliphatic carbocycles. The van der Waals surface area contributed by atoms with Crippen LogP contribution >= 0.6 is 15.9 Å². The Balaban J connectivity index is 2.14. The Morgan fingerprint density at radius 3 is 2.89 bits per heavy atom. The highest BCUT2D eigenvalue weighted by atomic mass is 79.9. The number of unbranched alkanes of at least 4 members (excludes halogenated alkanes) is 1. The zero-order valence-corrected chi connectivity index (χ0v) is 12.3. The van der Waals surface area contributed by atoms with Gasteiger partial charge in [-0.3, -0.25) is 0 Å². The molecule has 6 nitrogen and oxygen atoms in total. The van der Waals surface area contributed by atoms with Gasteiger partial charge in [-0.1, -0.05) is 15.9 Å². The Bertz CT molecular complexity index is 522. The number of tetrazole rings is 1. The van der Waals surface area contributed by atoms with E-state index in [4.69, 9.17) is 10.5 Å². The second-order valence-electron chi connectivity index (χ2n) is 4.20. The van der Waals surface area contributed by atoms with E-state index in [0.717, 1.165) is 41.9 Å². The van der Waals surface area contributed by atoms with Crippen molar-refractivity contribution in [3.8, 4) is 11.4 Å². The van der Waals surface area contributed by atoms with Crippen molar-refractivity contribution in [1.82, 2.24) is 20.2 Å². The van der Waals surface area contributed by atoms with Gasteiger partial charge in [0, 0.05) is 36.0 Å². The van der Waals surface area contributed by atoms with Gasteiger partial charge in [0.2, 0.25) is 0 Å². The summed E-state index contributed by atoms with van der Waals surface area (Å²) in [6.45, 7) is 1.51.